The lowest BCUT2D eigenvalue weighted by Gasteiger charge is -2.22. The number of nitrogens with zero attached hydrogens (tertiary/aromatic N) is 3. The molecular weight excluding hydrogens is 304 g/mol. The van der Waals surface area contributed by atoms with Crippen molar-refractivity contribution < 1.29 is 9.53 Å². The van der Waals surface area contributed by atoms with Gasteiger partial charge in [-0.1, -0.05) is 12.1 Å². The van der Waals surface area contributed by atoms with Gasteiger partial charge in [-0.2, -0.15) is 5.10 Å². The first-order valence-electron chi connectivity index (χ1n) is 7.98. The van der Waals surface area contributed by atoms with Gasteiger partial charge in [-0.3, -0.25) is 4.68 Å². The molecule has 0 bridgehead atoms. The Morgan fingerprint density at radius 1 is 1.33 bits per heavy atom. The van der Waals surface area contributed by atoms with Crippen molar-refractivity contribution in [2.75, 3.05) is 14.2 Å². The summed E-state index contributed by atoms with van der Waals surface area (Å²) >= 11 is 0. The number of amides is 2. The van der Waals surface area contributed by atoms with Crippen molar-refractivity contribution in [3.63, 3.8) is 0 Å². The maximum Gasteiger partial charge on any atom is 0.317 e. The lowest BCUT2D eigenvalue weighted by molar-refractivity contribution is 0.203. The Hall–Kier alpha value is -2.50. The molecule has 1 N–H and O–H groups in total. The number of benzene rings is 1. The third-order valence-electron chi connectivity index (χ3n) is 4.26. The van der Waals surface area contributed by atoms with Crippen LogP contribution in [0.4, 0.5) is 4.79 Å². The molecule has 2 aromatic rings. The molecule has 0 radical (unpaired) electrons. The molecule has 1 unspecified atom stereocenters. The standard InChI is InChI=1S/C18H26N4O2/c1-12(17-13(2)20-22(5)14(17)3)19-18(23)21(4)11-15-7-9-16(24-6)10-8-15/h7-10,12H,11H2,1-6H3,(H,19,23). The quantitative estimate of drug-likeness (QED) is 0.917. The van der Waals surface area contributed by atoms with E-state index >= 15 is 0 Å². The van der Waals surface area contributed by atoms with Gasteiger partial charge in [0, 0.05) is 31.9 Å². The lowest BCUT2D eigenvalue weighted by Crippen LogP contribution is -2.38. The second-order valence-electron chi connectivity index (χ2n) is 6.08. The summed E-state index contributed by atoms with van der Waals surface area (Å²) in [6.07, 6.45) is 0. The van der Waals surface area contributed by atoms with Gasteiger partial charge >= 0.3 is 6.03 Å². The summed E-state index contributed by atoms with van der Waals surface area (Å²) in [6.45, 7) is 6.49. The minimum atomic E-state index is -0.110. The largest absolute Gasteiger partial charge is 0.497 e. The highest BCUT2D eigenvalue weighted by Crippen LogP contribution is 2.21. The van der Waals surface area contributed by atoms with Gasteiger partial charge in [0.2, 0.25) is 0 Å². The number of carbonyl (C=O) groups is 1. The molecule has 1 atom stereocenters. The van der Waals surface area contributed by atoms with E-state index in [2.05, 4.69) is 10.4 Å². The zero-order valence-electron chi connectivity index (χ0n) is 15.3. The van der Waals surface area contributed by atoms with E-state index in [1.54, 1.807) is 19.1 Å². The first-order valence-corrected chi connectivity index (χ1v) is 7.98. The summed E-state index contributed by atoms with van der Waals surface area (Å²) in [6, 6.07) is 7.51. The van der Waals surface area contributed by atoms with Gasteiger partial charge in [-0.15, -0.1) is 0 Å². The summed E-state index contributed by atoms with van der Waals surface area (Å²) in [5.41, 5.74) is 4.14. The molecule has 0 saturated heterocycles. The number of nitrogens with one attached hydrogen (secondary N) is 1. The molecule has 0 spiro atoms. The summed E-state index contributed by atoms with van der Waals surface area (Å²) in [5, 5.41) is 7.45. The molecule has 0 aliphatic rings. The van der Waals surface area contributed by atoms with Gasteiger partial charge < -0.3 is 15.0 Å². The Kier molecular flexibility index (Phi) is 5.49. The van der Waals surface area contributed by atoms with Crippen molar-refractivity contribution in [3.8, 4) is 5.75 Å². The van der Waals surface area contributed by atoms with Crippen molar-refractivity contribution in [2.45, 2.75) is 33.4 Å². The summed E-state index contributed by atoms with van der Waals surface area (Å²) in [5.74, 6) is 0.807. The molecule has 2 rings (SSSR count). The fraction of sp³-hybridized carbons (Fsp3) is 0.444. The fourth-order valence-corrected chi connectivity index (χ4v) is 2.86. The minimum Gasteiger partial charge on any atom is -0.497 e. The van der Waals surface area contributed by atoms with E-state index in [4.69, 9.17) is 4.74 Å². The zero-order chi connectivity index (χ0) is 17.9. The van der Waals surface area contributed by atoms with Gasteiger partial charge in [0.1, 0.15) is 5.75 Å². The average Bonchev–Trinajstić information content (AvgIpc) is 2.80. The van der Waals surface area contributed by atoms with Crippen LogP contribution in [0.15, 0.2) is 24.3 Å². The number of hydrogen-bond acceptors (Lipinski definition) is 3. The average molecular weight is 330 g/mol. The van der Waals surface area contributed by atoms with Crippen LogP contribution in [-0.4, -0.2) is 34.9 Å². The van der Waals surface area contributed by atoms with Crippen LogP contribution in [0.2, 0.25) is 0 Å². The van der Waals surface area contributed by atoms with Gasteiger partial charge in [-0.05, 0) is 38.5 Å². The summed E-state index contributed by atoms with van der Waals surface area (Å²) in [7, 11) is 5.34. The number of rotatable bonds is 5. The molecule has 0 aliphatic carbocycles. The van der Waals surface area contributed by atoms with Gasteiger partial charge in [0.15, 0.2) is 0 Å². The molecule has 130 valence electrons. The van der Waals surface area contributed by atoms with E-state index < -0.39 is 0 Å². The van der Waals surface area contributed by atoms with E-state index in [1.165, 1.54) is 0 Å². The molecule has 2 amide bonds. The van der Waals surface area contributed by atoms with Crippen LogP contribution in [0.5, 0.6) is 5.75 Å². The molecule has 6 heteroatoms. The molecule has 0 fully saturated rings. The summed E-state index contributed by atoms with van der Waals surface area (Å²) in [4.78, 5) is 14.1. The molecule has 0 aliphatic heterocycles. The zero-order valence-corrected chi connectivity index (χ0v) is 15.3. The Morgan fingerprint density at radius 2 is 1.96 bits per heavy atom. The normalized spacial score (nSPS) is 11.9. The van der Waals surface area contributed by atoms with E-state index in [0.717, 1.165) is 28.3 Å². The predicted octanol–water partition coefficient (Wildman–Crippen LogP) is 2.95. The molecule has 24 heavy (non-hydrogen) atoms. The highest BCUT2D eigenvalue weighted by Gasteiger charge is 2.19. The van der Waals surface area contributed by atoms with Crippen LogP contribution >= 0.6 is 0 Å². The number of aromatic nitrogens is 2. The Morgan fingerprint density at radius 3 is 2.46 bits per heavy atom. The molecule has 1 aromatic heterocycles. The number of urea groups is 1. The number of hydrogen-bond donors (Lipinski definition) is 1. The SMILES string of the molecule is COc1ccc(CN(C)C(=O)NC(C)c2c(C)nn(C)c2C)cc1. The molecule has 6 nitrogen and oxygen atoms in total. The van der Waals surface area contributed by atoms with Gasteiger partial charge in [0.25, 0.3) is 0 Å². The highest BCUT2D eigenvalue weighted by atomic mass is 16.5. The second kappa shape index (κ2) is 7.38. The van der Waals surface area contributed by atoms with Crippen LogP contribution in [-0.2, 0) is 13.6 Å². The van der Waals surface area contributed by atoms with Crippen molar-refractivity contribution in [3.05, 3.63) is 46.8 Å². The van der Waals surface area contributed by atoms with Crippen LogP contribution in [0.25, 0.3) is 0 Å². The van der Waals surface area contributed by atoms with E-state index in [1.807, 2.05) is 56.8 Å². The van der Waals surface area contributed by atoms with E-state index in [9.17, 15) is 4.79 Å². The molecule has 1 heterocycles. The molecule has 1 aromatic carbocycles. The van der Waals surface area contributed by atoms with E-state index in [-0.39, 0.29) is 12.1 Å². The van der Waals surface area contributed by atoms with Crippen molar-refractivity contribution in [1.29, 1.82) is 0 Å². The maximum atomic E-state index is 12.4. The van der Waals surface area contributed by atoms with Crippen molar-refractivity contribution in [1.82, 2.24) is 20.0 Å². The highest BCUT2D eigenvalue weighted by molar-refractivity contribution is 5.74. The topological polar surface area (TPSA) is 59.4 Å². The Balaban J connectivity index is 2.00. The fourth-order valence-electron chi connectivity index (χ4n) is 2.86. The minimum absolute atomic E-state index is 0.0930. The molecule has 0 saturated carbocycles. The van der Waals surface area contributed by atoms with Gasteiger partial charge in [0.05, 0.1) is 18.8 Å². The third kappa shape index (κ3) is 3.88. The lowest BCUT2D eigenvalue weighted by atomic mass is 10.1. The third-order valence-corrected chi connectivity index (χ3v) is 4.26. The summed E-state index contributed by atoms with van der Waals surface area (Å²) < 4.78 is 6.99. The van der Waals surface area contributed by atoms with E-state index in [0.29, 0.717) is 6.54 Å². The smallest absolute Gasteiger partial charge is 0.317 e. The van der Waals surface area contributed by atoms with Crippen LogP contribution in [0.1, 0.15) is 35.5 Å². The van der Waals surface area contributed by atoms with Crippen LogP contribution < -0.4 is 10.1 Å². The number of carbonyl (C=O) groups excluding carboxylic acids is 1. The predicted molar refractivity (Wildman–Crippen MR) is 94.1 cm³/mol. The van der Waals surface area contributed by atoms with Crippen LogP contribution in [0, 0.1) is 13.8 Å². The second-order valence-corrected chi connectivity index (χ2v) is 6.08. The monoisotopic (exact) mass is 330 g/mol. The Labute approximate surface area is 143 Å². The maximum absolute atomic E-state index is 12.4. The van der Waals surface area contributed by atoms with Crippen LogP contribution in [0.3, 0.4) is 0 Å². The first-order chi connectivity index (χ1) is 11.3. The number of methoxy groups -OCH3 is 1. The number of ether oxygens (including phenoxy) is 1. The van der Waals surface area contributed by atoms with Crippen molar-refractivity contribution in [2.24, 2.45) is 7.05 Å². The van der Waals surface area contributed by atoms with Crippen molar-refractivity contribution >= 4 is 6.03 Å². The molecular formula is C18H26N4O2. The Bertz CT molecular complexity index is 707. The number of aryl methyl sites for hydroxylation is 2. The van der Waals surface area contributed by atoms with Gasteiger partial charge in [-0.25, -0.2) is 4.79 Å². The first kappa shape index (κ1) is 17.8.